The largest absolute Gasteiger partial charge is 0.352 e. The Kier molecular flexibility index (Phi) is 6.82. The molecular weight excluding hydrogens is 447 g/mol. The Labute approximate surface area is 195 Å². The first-order valence-corrected chi connectivity index (χ1v) is 11.7. The highest BCUT2D eigenvalue weighted by Crippen LogP contribution is 2.42. The zero-order valence-electron chi connectivity index (χ0n) is 17.5. The standard InChI is InChI=1S/C25H22ClFN2O2S/c1-16-14-19(24(31)28-13-12-17-2-7-20(26)8-3-17)6-11-22(16)29-23(30)15-32-25(29)18-4-9-21(27)10-5-18/h2-11,14,25H,12-13,15H2,1H3,(H,28,31). The molecule has 0 saturated carbocycles. The number of carbonyl (C=O) groups is 2. The minimum Gasteiger partial charge on any atom is -0.352 e. The smallest absolute Gasteiger partial charge is 0.251 e. The number of benzene rings is 3. The number of hydrogen-bond donors (Lipinski definition) is 1. The third kappa shape index (κ3) is 4.97. The van der Waals surface area contributed by atoms with Gasteiger partial charge in [0, 0.05) is 22.8 Å². The molecule has 1 heterocycles. The number of hydrogen-bond acceptors (Lipinski definition) is 3. The molecule has 0 aromatic heterocycles. The molecular formula is C25H22ClFN2O2S. The van der Waals surface area contributed by atoms with Gasteiger partial charge in [0.15, 0.2) is 0 Å². The van der Waals surface area contributed by atoms with E-state index in [1.807, 2.05) is 37.3 Å². The van der Waals surface area contributed by atoms with Crippen LogP contribution in [0, 0.1) is 12.7 Å². The maximum atomic E-state index is 13.3. The number of aryl methyl sites for hydroxylation is 1. The second kappa shape index (κ2) is 9.76. The monoisotopic (exact) mass is 468 g/mol. The first-order chi connectivity index (χ1) is 15.4. The van der Waals surface area contributed by atoms with E-state index in [4.69, 9.17) is 11.6 Å². The van der Waals surface area contributed by atoms with E-state index in [2.05, 4.69) is 5.32 Å². The van der Waals surface area contributed by atoms with Gasteiger partial charge >= 0.3 is 0 Å². The molecule has 0 bridgehead atoms. The molecule has 1 aliphatic heterocycles. The van der Waals surface area contributed by atoms with E-state index in [1.54, 1.807) is 29.2 Å². The molecule has 0 aliphatic carbocycles. The summed E-state index contributed by atoms with van der Waals surface area (Å²) >= 11 is 7.41. The molecule has 4 nitrogen and oxygen atoms in total. The molecule has 1 saturated heterocycles. The SMILES string of the molecule is Cc1cc(C(=O)NCCc2ccc(Cl)cc2)ccc1N1C(=O)CSC1c1ccc(F)cc1. The van der Waals surface area contributed by atoms with Gasteiger partial charge < -0.3 is 5.32 Å². The molecule has 1 aliphatic rings. The fraction of sp³-hybridized carbons (Fsp3) is 0.200. The van der Waals surface area contributed by atoms with Crippen LogP contribution in [0.4, 0.5) is 10.1 Å². The lowest BCUT2D eigenvalue weighted by molar-refractivity contribution is -0.115. The summed E-state index contributed by atoms with van der Waals surface area (Å²) in [6.45, 7) is 2.40. The van der Waals surface area contributed by atoms with Gasteiger partial charge in [-0.1, -0.05) is 35.9 Å². The van der Waals surface area contributed by atoms with Gasteiger partial charge in [-0.15, -0.1) is 11.8 Å². The Bertz CT molecular complexity index is 1140. The molecule has 1 fully saturated rings. The van der Waals surface area contributed by atoms with Crippen LogP contribution in [-0.2, 0) is 11.2 Å². The Morgan fingerprint density at radius 2 is 1.84 bits per heavy atom. The summed E-state index contributed by atoms with van der Waals surface area (Å²) < 4.78 is 13.3. The summed E-state index contributed by atoms with van der Waals surface area (Å²) in [5.74, 6) is -0.121. The molecule has 0 radical (unpaired) electrons. The highest BCUT2D eigenvalue weighted by atomic mass is 35.5. The van der Waals surface area contributed by atoms with Crippen molar-refractivity contribution < 1.29 is 14.0 Å². The molecule has 0 spiro atoms. The van der Waals surface area contributed by atoms with Crippen LogP contribution in [0.15, 0.2) is 66.7 Å². The number of carbonyl (C=O) groups excluding carboxylic acids is 2. The first-order valence-electron chi connectivity index (χ1n) is 10.2. The van der Waals surface area contributed by atoms with Crippen molar-refractivity contribution in [1.82, 2.24) is 5.32 Å². The van der Waals surface area contributed by atoms with E-state index in [9.17, 15) is 14.0 Å². The Balaban J connectivity index is 1.45. The summed E-state index contributed by atoms with van der Waals surface area (Å²) in [5.41, 5.74) is 4.09. The summed E-state index contributed by atoms with van der Waals surface area (Å²) in [7, 11) is 0. The van der Waals surface area contributed by atoms with Crippen LogP contribution in [-0.4, -0.2) is 24.1 Å². The highest BCUT2D eigenvalue weighted by molar-refractivity contribution is 8.00. The van der Waals surface area contributed by atoms with Crippen LogP contribution >= 0.6 is 23.4 Å². The zero-order valence-corrected chi connectivity index (χ0v) is 19.0. The van der Waals surface area contributed by atoms with Crippen LogP contribution in [0.5, 0.6) is 0 Å². The van der Waals surface area contributed by atoms with Gasteiger partial charge in [0.25, 0.3) is 5.91 Å². The summed E-state index contributed by atoms with van der Waals surface area (Å²) in [5, 5.41) is 3.40. The molecule has 32 heavy (non-hydrogen) atoms. The molecule has 1 atom stereocenters. The van der Waals surface area contributed by atoms with Crippen molar-refractivity contribution in [2.75, 3.05) is 17.2 Å². The van der Waals surface area contributed by atoms with Crippen molar-refractivity contribution in [3.8, 4) is 0 Å². The van der Waals surface area contributed by atoms with Crippen LogP contribution in [0.3, 0.4) is 0 Å². The topological polar surface area (TPSA) is 49.4 Å². The molecule has 3 aromatic rings. The van der Waals surface area contributed by atoms with E-state index in [-0.39, 0.29) is 23.0 Å². The number of anilines is 1. The van der Waals surface area contributed by atoms with Gasteiger partial charge in [-0.25, -0.2) is 4.39 Å². The Morgan fingerprint density at radius 1 is 1.12 bits per heavy atom. The third-order valence-corrected chi connectivity index (χ3v) is 6.82. The number of nitrogens with one attached hydrogen (secondary N) is 1. The predicted molar refractivity (Wildman–Crippen MR) is 128 cm³/mol. The summed E-state index contributed by atoms with van der Waals surface area (Å²) in [6.07, 6.45) is 0.707. The lowest BCUT2D eigenvalue weighted by Gasteiger charge is -2.26. The summed E-state index contributed by atoms with van der Waals surface area (Å²) in [6, 6.07) is 19.1. The van der Waals surface area contributed by atoms with E-state index >= 15 is 0 Å². The quantitative estimate of drug-likeness (QED) is 0.516. The zero-order chi connectivity index (χ0) is 22.7. The molecule has 3 aromatic carbocycles. The van der Waals surface area contributed by atoms with E-state index in [0.29, 0.717) is 29.3 Å². The Morgan fingerprint density at radius 3 is 2.53 bits per heavy atom. The number of rotatable bonds is 6. The average molecular weight is 469 g/mol. The second-order valence-corrected chi connectivity index (χ2v) is 9.12. The van der Waals surface area contributed by atoms with Crippen LogP contribution in [0.25, 0.3) is 0 Å². The van der Waals surface area contributed by atoms with Gasteiger partial charge in [-0.05, 0) is 72.5 Å². The van der Waals surface area contributed by atoms with Crippen molar-refractivity contribution >= 4 is 40.9 Å². The van der Waals surface area contributed by atoms with E-state index in [0.717, 1.165) is 22.4 Å². The number of amides is 2. The van der Waals surface area contributed by atoms with Crippen molar-refractivity contribution in [1.29, 1.82) is 0 Å². The number of thioether (sulfide) groups is 1. The number of halogens is 2. The van der Waals surface area contributed by atoms with Crippen molar-refractivity contribution in [3.63, 3.8) is 0 Å². The van der Waals surface area contributed by atoms with E-state index < -0.39 is 0 Å². The molecule has 164 valence electrons. The normalized spacial score (nSPS) is 15.8. The lowest BCUT2D eigenvalue weighted by Crippen LogP contribution is -2.29. The van der Waals surface area contributed by atoms with Crippen LogP contribution in [0.2, 0.25) is 5.02 Å². The summed E-state index contributed by atoms with van der Waals surface area (Å²) in [4.78, 5) is 27.0. The average Bonchev–Trinajstić information content (AvgIpc) is 3.16. The predicted octanol–water partition coefficient (Wildman–Crippen LogP) is 5.54. The second-order valence-electron chi connectivity index (χ2n) is 7.61. The fourth-order valence-corrected chi connectivity index (χ4v) is 4.99. The van der Waals surface area contributed by atoms with Crippen LogP contribution < -0.4 is 10.2 Å². The maximum absolute atomic E-state index is 13.3. The molecule has 4 rings (SSSR count). The minimum absolute atomic E-state index is 0.00686. The lowest BCUT2D eigenvalue weighted by atomic mass is 10.1. The van der Waals surface area contributed by atoms with Crippen molar-refractivity contribution in [2.24, 2.45) is 0 Å². The highest BCUT2D eigenvalue weighted by Gasteiger charge is 2.34. The maximum Gasteiger partial charge on any atom is 0.251 e. The van der Waals surface area contributed by atoms with Gasteiger partial charge in [0.1, 0.15) is 11.2 Å². The molecule has 7 heteroatoms. The molecule has 1 N–H and O–H groups in total. The van der Waals surface area contributed by atoms with Crippen LogP contribution in [0.1, 0.15) is 32.4 Å². The van der Waals surface area contributed by atoms with E-state index in [1.165, 1.54) is 23.9 Å². The van der Waals surface area contributed by atoms with Gasteiger partial charge in [-0.2, -0.15) is 0 Å². The minimum atomic E-state index is -0.308. The van der Waals surface area contributed by atoms with Gasteiger partial charge in [-0.3, -0.25) is 14.5 Å². The number of nitrogens with zero attached hydrogens (tertiary/aromatic N) is 1. The third-order valence-electron chi connectivity index (χ3n) is 5.35. The molecule has 2 amide bonds. The van der Waals surface area contributed by atoms with Gasteiger partial charge in [0.2, 0.25) is 5.91 Å². The van der Waals surface area contributed by atoms with Crippen molar-refractivity contribution in [2.45, 2.75) is 18.7 Å². The van der Waals surface area contributed by atoms with Crippen molar-refractivity contribution in [3.05, 3.63) is 99.8 Å². The fourth-order valence-electron chi connectivity index (χ4n) is 3.70. The molecule has 1 unspecified atom stereocenters. The first kappa shape index (κ1) is 22.4. The Hall–Kier alpha value is -2.83. The van der Waals surface area contributed by atoms with Gasteiger partial charge in [0.05, 0.1) is 5.75 Å².